The Balaban J connectivity index is 2.08. The van der Waals surface area contributed by atoms with Gasteiger partial charge in [0.1, 0.15) is 5.82 Å². The predicted molar refractivity (Wildman–Crippen MR) is 81.8 cm³/mol. The van der Waals surface area contributed by atoms with E-state index >= 15 is 0 Å². The minimum atomic E-state index is -0.882. The van der Waals surface area contributed by atoms with Crippen LogP contribution in [0.5, 0.6) is 0 Å². The molecule has 0 bridgehead atoms. The van der Waals surface area contributed by atoms with Gasteiger partial charge in [-0.25, -0.2) is 9.78 Å². The van der Waals surface area contributed by atoms with Gasteiger partial charge in [0, 0.05) is 19.0 Å². The van der Waals surface area contributed by atoms with Crippen LogP contribution in [-0.4, -0.2) is 45.7 Å². The number of carbonyl (C=O) groups is 1. The van der Waals surface area contributed by atoms with Gasteiger partial charge in [0.2, 0.25) is 0 Å². The minimum absolute atomic E-state index is 0.353. The van der Waals surface area contributed by atoms with Gasteiger partial charge in [-0.15, -0.1) is 0 Å². The number of likely N-dealkylation sites (N-methyl/N-ethyl adjacent to an activating group) is 1. The second-order valence-electron chi connectivity index (χ2n) is 5.77. The fourth-order valence-electron chi connectivity index (χ4n) is 2.68. The van der Waals surface area contributed by atoms with Gasteiger partial charge < -0.3 is 14.6 Å². The van der Waals surface area contributed by atoms with E-state index < -0.39 is 5.97 Å². The van der Waals surface area contributed by atoms with Gasteiger partial charge in [-0.2, -0.15) is 0 Å². The number of hydrogen-bond acceptors (Lipinski definition) is 3. The van der Waals surface area contributed by atoms with Crippen LogP contribution in [0.2, 0.25) is 0 Å². The lowest BCUT2D eigenvalue weighted by molar-refractivity contribution is 0.0698. The zero-order valence-electron chi connectivity index (χ0n) is 12.5. The first kappa shape index (κ1) is 14.1. The van der Waals surface area contributed by atoms with Crippen molar-refractivity contribution >= 4 is 17.0 Å². The van der Waals surface area contributed by atoms with Crippen LogP contribution in [0.1, 0.15) is 41.9 Å². The van der Waals surface area contributed by atoms with E-state index in [1.54, 1.807) is 12.1 Å². The molecule has 21 heavy (non-hydrogen) atoms. The monoisotopic (exact) mass is 287 g/mol. The van der Waals surface area contributed by atoms with Gasteiger partial charge in [0.15, 0.2) is 0 Å². The zero-order chi connectivity index (χ0) is 15.0. The maximum atomic E-state index is 11.5. The molecule has 0 unspecified atom stereocenters. The highest BCUT2D eigenvalue weighted by Gasteiger charge is 2.30. The van der Waals surface area contributed by atoms with Crippen LogP contribution in [0.15, 0.2) is 18.2 Å². The molecule has 1 saturated carbocycles. The lowest BCUT2D eigenvalue weighted by Gasteiger charge is -2.16. The molecule has 1 fully saturated rings. The number of aromatic nitrogens is 2. The van der Waals surface area contributed by atoms with Gasteiger partial charge in [0.25, 0.3) is 0 Å². The number of benzene rings is 1. The summed E-state index contributed by atoms with van der Waals surface area (Å²) >= 11 is 0. The summed E-state index contributed by atoms with van der Waals surface area (Å²) in [5.41, 5.74) is 1.93. The molecule has 1 aromatic heterocycles. The van der Waals surface area contributed by atoms with E-state index in [0.29, 0.717) is 11.5 Å². The second kappa shape index (κ2) is 5.48. The average molecular weight is 287 g/mol. The molecule has 1 aromatic carbocycles. The molecule has 1 aliphatic carbocycles. The van der Waals surface area contributed by atoms with Crippen LogP contribution in [0, 0.1) is 0 Å². The lowest BCUT2D eigenvalue weighted by atomic mass is 10.2. The molecule has 3 rings (SSSR count). The smallest absolute Gasteiger partial charge is 0.337 e. The molecule has 0 spiro atoms. The van der Waals surface area contributed by atoms with Gasteiger partial charge in [-0.1, -0.05) is 13.0 Å². The molecule has 1 N–H and O–H groups in total. The third-order valence-electron chi connectivity index (χ3n) is 4.21. The maximum absolute atomic E-state index is 11.5. The van der Waals surface area contributed by atoms with Gasteiger partial charge >= 0.3 is 5.97 Å². The number of fused-ring (bicyclic) bond motifs is 1. The molecule has 0 atom stereocenters. The molecule has 112 valence electrons. The first-order valence-corrected chi connectivity index (χ1v) is 7.52. The van der Waals surface area contributed by atoms with E-state index in [9.17, 15) is 9.90 Å². The largest absolute Gasteiger partial charge is 0.478 e. The number of aromatic carboxylic acids is 1. The van der Waals surface area contributed by atoms with Gasteiger partial charge in [-0.3, -0.25) is 0 Å². The maximum Gasteiger partial charge on any atom is 0.337 e. The first-order chi connectivity index (χ1) is 10.1. The SMILES string of the molecule is CCN(C)CCn1c(C2CC2)nc2cccc(C(=O)O)c21. The van der Waals surface area contributed by atoms with E-state index in [4.69, 9.17) is 4.98 Å². The minimum Gasteiger partial charge on any atom is -0.478 e. The topological polar surface area (TPSA) is 58.4 Å². The molecule has 5 nitrogen and oxygen atoms in total. The van der Waals surface area contributed by atoms with Crippen molar-refractivity contribution in [2.45, 2.75) is 32.2 Å². The fourth-order valence-corrected chi connectivity index (χ4v) is 2.68. The number of carboxylic acids is 1. The van der Waals surface area contributed by atoms with Crippen molar-refractivity contribution in [2.24, 2.45) is 0 Å². The van der Waals surface area contributed by atoms with E-state index in [1.807, 2.05) is 6.07 Å². The highest BCUT2D eigenvalue weighted by Crippen LogP contribution is 2.41. The van der Waals surface area contributed by atoms with Crippen molar-refractivity contribution in [1.29, 1.82) is 0 Å². The Hall–Kier alpha value is -1.88. The summed E-state index contributed by atoms with van der Waals surface area (Å²) in [5.74, 6) is 0.683. The van der Waals surface area contributed by atoms with Gasteiger partial charge in [0.05, 0.1) is 16.6 Å². The Labute approximate surface area is 124 Å². The molecule has 0 aliphatic heterocycles. The van der Waals surface area contributed by atoms with Crippen LogP contribution in [0.4, 0.5) is 0 Å². The molecule has 0 amide bonds. The predicted octanol–water partition coefficient (Wildman–Crippen LogP) is 2.56. The molecule has 0 radical (unpaired) electrons. The Morgan fingerprint density at radius 2 is 2.24 bits per heavy atom. The number of imidazole rings is 1. The third-order valence-corrected chi connectivity index (χ3v) is 4.21. The molecule has 2 aromatic rings. The molecular formula is C16H21N3O2. The van der Waals surface area contributed by atoms with Crippen LogP contribution in [0.25, 0.3) is 11.0 Å². The number of hydrogen-bond donors (Lipinski definition) is 1. The highest BCUT2D eigenvalue weighted by atomic mass is 16.4. The van der Waals surface area contributed by atoms with E-state index in [1.165, 1.54) is 0 Å². The standard InChI is InChI=1S/C16H21N3O2/c1-3-18(2)9-10-19-14-12(16(20)21)5-4-6-13(14)17-15(19)11-7-8-11/h4-6,11H,3,7-10H2,1-2H3,(H,20,21). The second-order valence-corrected chi connectivity index (χ2v) is 5.77. The van der Waals surface area contributed by atoms with Crippen LogP contribution >= 0.6 is 0 Å². The molecule has 1 aliphatic rings. The Morgan fingerprint density at radius 3 is 2.86 bits per heavy atom. The Bertz CT molecular complexity index is 673. The van der Waals surface area contributed by atoms with Crippen molar-refractivity contribution in [1.82, 2.24) is 14.5 Å². The first-order valence-electron chi connectivity index (χ1n) is 7.52. The van der Waals surface area contributed by atoms with Crippen molar-refractivity contribution in [3.8, 4) is 0 Å². The molecule has 5 heteroatoms. The molecular weight excluding hydrogens is 266 g/mol. The van der Waals surface area contributed by atoms with Crippen molar-refractivity contribution in [3.05, 3.63) is 29.6 Å². The van der Waals surface area contributed by atoms with E-state index in [-0.39, 0.29) is 0 Å². The summed E-state index contributed by atoms with van der Waals surface area (Å²) in [4.78, 5) is 18.4. The van der Waals surface area contributed by atoms with Gasteiger partial charge in [-0.05, 0) is 38.6 Å². The normalized spacial score (nSPS) is 15.0. The zero-order valence-corrected chi connectivity index (χ0v) is 12.5. The molecule has 0 saturated heterocycles. The number of nitrogens with zero attached hydrogens (tertiary/aromatic N) is 3. The Morgan fingerprint density at radius 1 is 1.48 bits per heavy atom. The average Bonchev–Trinajstić information content (AvgIpc) is 3.25. The Kier molecular flexibility index (Phi) is 3.68. The van der Waals surface area contributed by atoms with E-state index in [0.717, 1.165) is 49.3 Å². The summed E-state index contributed by atoms with van der Waals surface area (Å²) in [7, 11) is 2.08. The van der Waals surface area contributed by atoms with Crippen molar-refractivity contribution in [2.75, 3.05) is 20.1 Å². The molecule has 1 heterocycles. The van der Waals surface area contributed by atoms with Crippen molar-refractivity contribution in [3.63, 3.8) is 0 Å². The highest BCUT2D eigenvalue weighted by molar-refractivity contribution is 6.01. The van der Waals surface area contributed by atoms with Crippen LogP contribution < -0.4 is 0 Å². The number of rotatable bonds is 6. The summed E-state index contributed by atoms with van der Waals surface area (Å²) in [6.45, 7) is 4.79. The fraction of sp³-hybridized carbons (Fsp3) is 0.500. The lowest BCUT2D eigenvalue weighted by Crippen LogP contribution is -2.23. The van der Waals surface area contributed by atoms with Crippen molar-refractivity contribution < 1.29 is 9.90 Å². The van der Waals surface area contributed by atoms with Crippen LogP contribution in [-0.2, 0) is 6.54 Å². The summed E-state index contributed by atoms with van der Waals surface area (Å²) in [5, 5.41) is 9.44. The number of para-hydroxylation sites is 1. The quantitative estimate of drug-likeness (QED) is 0.887. The van der Waals surface area contributed by atoms with E-state index in [2.05, 4.69) is 23.4 Å². The summed E-state index contributed by atoms with van der Waals surface area (Å²) in [6.07, 6.45) is 2.32. The summed E-state index contributed by atoms with van der Waals surface area (Å²) in [6, 6.07) is 5.36. The van der Waals surface area contributed by atoms with Crippen LogP contribution in [0.3, 0.4) is 0 Å². The third kappa shape index (κ3) is 2.65. The number of carboxylic acid groups (broad SMARTS) is 1. The summed E-state index contributed by atoms with van der Waals surface area (Å²) < 4.78 is 2.13.